The Kier molecular flexibility index (Phi) is 4.10. The Morgan fingerprint density at radius 1 is 1.20 bits per heavy atom. The zero-order chi connectivity index (χ0) is 14.5. The van der Waals surface area contributed by atoms with E-state index in [9.17, 15) is 15.0 Å². The maximum Gasteiger partial charge on any atom is 0.194 e. The number of aldehydes is 1. The molecule has 0 saturated heterocycles. The van der Waals surface area contributed by atoms with Gasteiger partial charge in [0.15, 0.2) is 11.8 Å². The topological polar surface area (TPSA) is 71.7 Å². The molecule has 5 heteroatoms. The van der Waals surface area contributed by atoms with Gasteiger partial charge in [-0.1, -0.05) is 24.3 Å². The first kappa shape index (κ1) is 13.7. The molecule has 0 unspecified atom stereocenters. The molecule has 20 heavy (non-hydrogen) atoms. The van der Waals surface area contributed by atoms with Gasteiger partial charge in [-0.05, 0) is 6.07 Å². The molecule has 2 aromatic rings. The van der Waals surface area contributed by atoms with E-state index in [0.717, 1.165) is 11.8 Å². The third-order valence-corrected chi connectivity index (χ3v) is 2.91. The van der Waals surface area contributed by atoms with Crippen molar-refractivity contribution in [2.75, 3.05) is 7.11 Å². The van der Waals surface area contributed by atoms with Crippen LogP contribution in [0.5, 0.6) is 17.5 Å². The third-order valence-electron chi connectivity index (χ3n) is 2.91. The van der Waals surface area contributed by atoms with E-state index < -0.39 is 0 Å². The second-order valence-corrected chi connectivity index (χ2v) is 4.18. The normalized spacial score (nSPS) is 10.8. The van der Waals surface area contributed by atoms with Gasteiger partial charge in [-0.2, -0.15) is 0 Å². The van der Waals surface area contributed by atoms with Crippen LogP contribution in [-0.2, 0) is 6.54 Å². The highest BCUT2D eigenvalue weighted by Crippen LogP contribution is 2.23. The van der Waals surface area contributed by atoms with Gasteiger partial charge in [0.25, 0.3) is 0 Å². The van der Waals surface area contributed by atoms with E-state index in [1.807, 2.05) is 0 Å². The molecule has 2 N–H and O–H groups in total. The number of aromatic nitrogens is 1. The van der Waals surface area contributed by atoms with Crippen LogP contribution in [0.3, 0.4) is 0 Å². The van der Waals surface area contributed by atoms with Gasteiger partial charge in [-0.15, -0.1) is 0 Å². The van der Waals surface area contributed by atoms with Crippen LogP contribution in [0.15, 0.2) is 36.4 Å². The number of methoxy groups -OCH3 is 1. The van der Waals surface area contributed by atoms with Crippen LogP contribution in [-0.4, -0.2) is 28.2 Å². The Balaban J connectivity index is 2.17. The van der Waals surface area contributed by atoms with E-state index in [1.54, 1.807) is 30.4 Å². The summed E-state index contributed by atoms with van der Waals surface area (Å²) in [5.74, 6) is 0.581. The first-order valence-corrected chi connectivity index (χ1v) is 6.03. The molecule has 1 aromatic carbocycles. The monoisotopic (exact) mass is 273 g/mol. The van der Waals surface area contributed by atoms with Crippen molar-refractivity contribution in [3.05, 3.63) is 47.5 Å². The Hall–Kier alpha value is -2.69. The molecule has 0 fully saturated rings. The fraction of sp³-hybridized carbons (Fsp3) is 0.133. The van der Waals surface area contributed by atoms with Crippen LogP contribution in [0.2, 0.25) is 0 Å². The SMILES string of the molecule is COc1cc(C=O)ccc1C=CCn1c(O)ccc1O. The molecule has 0 spiro atoms. The van der Waals surface area contributed by atoms with Crippen LogP contribution >= 0.6 is 0 Å². The molecule has 0 amide bonds. The summed E-state index contributed by atoms with van der Waals surface area (Å²) < 4.78 is 6.56. The number of ether oxygens (including phenoxy) is 1. The van der Waals surface area contributed by atoms with Gasteiger partial charge in [0.05, 0.1) is 7.11 Å². The number of hydrogen-bond donors (Lipinski definition) is 2. The highest BCUT2D eigenvalue weighted by molar-refractivity contribution is 5.77. The number of rotatable bonds is 5. The van der Waals surface area contributed by atoms with Crippen molar-refractivity contribution in [1.82, 2.24) is 4.57 Å². The fourth-order valence-electron chi connectivity index (χ4n) is 1.86. The van der Waals surface area contributed by atoms with Crippen molar-refractivity contribution in [3.63, 3.8) is 0 Å². The van der Waals surface area contributed by atoms with Crippen LogP contribution in [0.25, 0.3) is 6.08 Å². The van der Waals surface area contributed by atoms with Gasteiger partial charge >= 0.3 is 0 Å². The maximum absolute atomic E-state index is 10.7. The minimum absolute atomic E-state index is 0.00424. The summed E-state index contributed by atoms with van der Waals surface area (Å²) in [4.78, 5) is 10.7. The summed E-state index contributed by atoms with van der Waals surface area (Å²) in [7, 11) is 1.53. The Morgan fingerprint density at radius 3 is 2.50 bits per heavy atom. The second-order valence-electron chi connectivity index (χ2n) is 4.18. The van der Waals surface area contributed by atoms with Crippen LogP contribution < -0.4 is 4.74 Å². The summed E-state index contributed by atoms with van der Waals surface area (Å²) in [6.07, 6.45) is 4.33. The predicted octanol–water partition coefficient (Wildman–Crippen LogP) is 2.43. The molecule has 0 aliphatic carbocycles. The lowest BCUT2D eigenvalue weighted by molar-refractivity contribution is 0.112. The van der Waals surface area contributed by atoms with Gasteiger partial charge in [-0.3, -0.25) is 9.36 Å². The number of carbonyl (C=O) groups excluding carboxylic acids is 1. The standard InChI is InChI=1S/C15H15NO4/c1-20-13-9-11(10-17)4-5-12(13)3-2-8-16-14(18)6-7-15(16)19/h2-7,9-10,18-19H,8H2,1H3. The van der Waals surface area contributed by atoms with Crippen molar-refractivity contribution >= 4 is 12.4 Å². The average Bonchev–Trinajstić information content (AvgIpc) is 2.79. The molecule has 0 saturated carbocycles. The van der Waals surface area contributed by atoms with E-state index in [1.165, 1.54) is 23.8 Å². The molecular weight excluding hydrogens is 258 g/mol. The molecule has 0 atom stereocenters. The van der Waals surface area contributed by atoms with E-state index in [4.69, 9.17) is 4.74 Å². The quantitative estimate of drug-likeness (QED) is 0.821. The maximum atomic E-state index is 10.7. The summed E-state index contributed by atoms with van der Waals surface area (Å²) >= 11 is 0. The van der Waals surface area contributed by atoms with E-state index in [0.29, 0.717) is 17.9 Å². The van der Waals surface area contributed by atoms with Gasteiger partial charge in [-0.25, -0.2) is 0 Å². The van der Waals surface area contributed by atoms with Crippen LogP contribution in [0, 0.1) is 0 Å². The second kappa shape index (κ2) is 5.97. The molecule has 5 nitrogen and oxygen atoms in total. The van der Waals surface area contributed by atoms with Crippen molar-refractivity contribution in [2.24, 2.45) is 0 Å². The van der Waals surface area contributed by atoms with Crippen molar-refractivity contribution in [3.8, 4) is 17.5 Å². The zero-order valence-electron chi connectivity index (χ0n) is 11.0. The van der Waals surface area contributed by atoms with Crippen LogP contribution in [0.4, 0.5) is 0 Å². The minimum atomic E-state index is -0.00424. The van der Waals surface area contributed by atoms with Crippen molar-refractivity contribution < 1.29 is 19.7 Å². The van der Waals surface area contributed by atoms with E-state index in [2.05, 4.69) is 0 Å². The molecule has 2 rings (SSSR count). The Labute approximate surface area is 116 Å². The molecule has 0 radical (unpaired) electrons. The van der Waals surface area contributed by atoms with Crippen LogP contribution in [0.1, 0.15) is 15.9 Å². The predicted molar refractivity (Wildman–Crippen MR) is 75.2 cm³/mol. The first-order chi connectivity index (χ1) is 9.65. The van der Waals surface area contributed by atoms with Gasteiger partial charge in [0, 0.05) is 29.8 Å². The molecule has 1 heterocycles. The molecular formula is C15H15NO4. The number of benzene rings is 1. The lowest BCUT2D eigenvalue weighted by Crippen LogP contribution is -1.93. The first-order valence-electron chi connectivity index (χ1n) is 6.03. The van der Waals surface area contributed by atoms with Gasteiger partial charge in [0.1, 0.15) is 12.0 Å². The molecule has 0 bridgehead atoms. The molecule has 104 valence electrons. The summed E-state index contributed by atoms with van der Waals surface area (Å²) in [6.45, 7) is 0.323. The van der Waals surface area contributed by atoms with Gasteiger partial charge in [0.2, 0.25) is 0 Å². The van der Waals surface area contributed by atoms with E-state index >= 15 is 0 Å². The van der Waals surface area contributed by atoms with Gasteiger partial charge < -0.3 is 14.9 Å². The smallest absolute Gasteiger partial charge is 0.194 e. The Bertz CT molecular complexity index is 624. The summed E-state index contributed by atoms with van der Waals surface area (Å²) in [5, 5.41) is 19.0. The lowest BCUT2D eigenvalue weighted by Gasteiger charge is -2.06. The average molecular weight is 273 g/mol. The lowest BCUT2D eigenvalue weighted by atomic mass is 10.1. The largest absolute Gasteiger partial charge is 0.496 e. The summed E-state index contributed by atoms with van der Waals surface area (Å²) in [5.41, 5.74) is 1.35. The summed E-state index contributed by atoms with van der Waals surface area (Å²) in [6, 6.07) is 7.96. The number of carbonyl (C=O) groups is 1. The van der Waals surface area contributed by atoms with Crippen molar-refractivity contribution in [1.29, 1.82) is 0 Å². The highest BCUT2D eigenvalue weighted by Gasteiger charge is 2.04. The Morgan fingerprint density at radius 2 is 1.90 bits per heavy atom. The van der Waals surface area contributed by atoms with E-state index in [-0.39, 0.29) is 11.8 Å². The highest BCUT2D eigenvalue weighted by atomic mass is 16.5. The molecule has 0 aliphatic rings. The number of aromatic hydroxyl groups is 2. The fourth-order valence-corrected chi connectivity index (χ4v) is 1.86. The zero-order valence-corrected chi connectivity index (χ0v) is 11.0. The number of allylic oxidation sites excluding steroid dienone is 1. The molecule has 0 aliphatic heterocycles. The number of hydrogen-bond acceptors (Lipinski definition) is 4. The van der Waals surface area contributed by atoms with Crippen molar-refractivity contribution in [2.45, 2.75) is 6.54 Å². The third kappa shape index (κ3) is 2.83. The molecule has 1 aromatic heterocycles. The number of nitrogens with zero attached hydrogens (tertiary/aromatic N) is 1. The minimum Gasteiger partial charge on any atom is -0.496 e.